The van der Waals surface area contributed by atoms with Gasteiger partial charge in [-0.05, 0) is 26.0 Å². The summed E-state index contributed by atoms with van der Waals surface area (Å²) in [5, 5.41) is 1.39. The molecular formula is C18H20N6O2. The molecule has 2 aliphatic heterocycles. The number of carbonyl (C=O) groups excluding carboxylic acids is 2. The van der Waals surface area contributed by atoms with Crippen LogP contribution in [-0.4, -0.2) is 44.7 Å². The number of anilines is 1. The second-order valence-corrected chi connectivity index (χ2v) is 6.49. The number of hydrogen-bond acceptors (Lipinski definition) is 5. The molecule has 1 aromatic heterocycles. The van der Waals surface area contributed by atoms with Gasteiger partial charge in [-0.25, -0.2) is 15.0 Å². The van der Waals surface area contributed by atoms with Crippen LogP contribution in [-0.2, 0) is 22.7 Å². The lowest BCUT2D eigenvalue weighted by molar-refractivity contribution is -0.126. The summed E-state index contributed by atoms with van der Waals surface area (Å²) in [4.78, 5) is 35.9. The molecule has 26 heavy (non-hydrogen) atoms. The fourth-order valence-corrected chi connectivity index (χ4v) is 3.22. The monoisotopic (exact) mass is 352 g/mol. The van der Waals surface area contributed by atoms with Crippen LogP contribution in [0.25, 0.3) is 0 Å². The molecule has 0 radical (unpaired) electrons. The smallest absolute Gasteiger partial charge is 0.291 e. The van der Waals surface area contributed by atoms with E-state index in [1.807, 2.05) is 43.5 Å². The number of hydrazine groups is 1. The molecule has 0 saturated carbocycles. The third-order valence-electron chi connectivity index (χ3n) is 4.55. The lowest BCUT2D eigenvalue weighted by Crippen LogP contribution is -2.59. The van der Waals surface area contributed by atoms with Crippen LogP contribution in [0.15, 0.2) is 41.5 Å². The van der Waals surface area contributed by atoms with Gasteiger partial charge >= 0.3 is 0 Å². The highest BCUT2D eigenvalue weighted by Gasteiger charge is 2.33. The highest BCUT2D eigenvalue weighted by Crippen LogP contribution is 2.18. The number of aromatic nitrogens is 2. The largest absolute Gasteiger partial charge is 0.331 e. The van der Waals surface area contributed by atoms with Crippen molar-refractivity contribution in [1.82, 2.24) is 19.9 Å². The fourth-order valence-electron chi connectivity index (χ4n) is 3.22. The van der Waals surface area contributed by atoms with Crippen molar-refractivity contribution < 1.29 is 9.59 Å². The number of amides is 2. The zero-order valence-corrected chi connectivity index (χ0v) is 14.7. The number of nitrogens with one attached hydrogen (secondary N) is 1. The Hall–Kier alpha value is -3.16. The van der Waals surface area contributed by atoms with E-state index in [4.69, 9.17) is 0 Å². The molecule has 1 aromatic carbocycles. The van der Waals surface area contributed by atoms with Gasteiger partial charge in [-0.1, -0.05) is 18.2 Å². The third-order valence-corrected chi connectivity index (χ3v) is 4.55. The van der Waals surface area contributed by atoms with Crippen molar-refractivity contribution in [3.8, 4) is 0 Å². The molecule has 0 spiro atoms. The maximum absolute atomic E-state index is 13.0. The average molecular weight is 352 g/mol. The molecular weight excluding hydrogens is 332 g/mol. The Morgan fingerprint density at radius 1 is 1.23 bits per heavy atom. The van der Waals surface area contributed by atoms with Crippen LogP contribution in [0.4, 0.5) is 5.69 Å². The molecule has 1 N–H and O–H groups in total. The van der Waals surface area contributed by atoms with Crippen molar-refractivity contribution in [2.45, 2.75) is 33.0 Å². The summed E-state index contributed by atoms with van der Waals surface area (Å²) in [5.41, 5.74) is 4.51. The standard InChI is InChI=1S/C18H20N6O2/c1-12-10-22-8-9-23(11-15(22)19-12)18(26)16-20-13(2)17(25)24(21-16)14-6-4-3-5-7-14/h3-7,10,13H,8-9,11H2,1-2H3,(H,20,21). The van der Waals surface area contributed by atoms with Gasteiger partial charge in [-0.15, -0.1) is 0 Å². The van der Waals surface area contributed by atoms with E-state index in [1.54, 1.807) is 11.8 Å². The van der Waals surface area contributed by atoms with E-state index in [0.717, 1.165) is 11.5 Å². The Morgan fingerprint density at radius 2 is 2.00 bits per heavy atom. The second-order valence-electron chi connectivity index (χ2n) is 6.49. The lowest BCUT2D eigenvalue weighted by Gasteiger charge is -2.33. The van der Waals surface area contributed by atoms with E-state index < -0.39 is 6.04 Å². The highest BCUT2D eigenvalue weighted by molar-refractivity contribution is 6.39. The number of nitrogens with zero attached hydrogens (tertiary/aromatic N) is 5. The number of aliphatic imine (C=N–C) groups is 1. The first-order valence-corrected chi connectivity index (χ1v) is 8.58. The zero-order chi connectivity index (χ0) is 18.3. The summed E-state index contributed by atoms with van der Waals surface area (Å²) in [6.07, 6.45) is 1.99. The molecule has 134 valence electrons. The molecule has 0 aliphatic carbocycles. The fraction of sp³-hybridized carbons (Fsp3) is 0.333. The molecule has 8 heteroatoms. The minimum Gasteiger partial charge on any atom is -0.331 e. The molecule has 2 aliphatic rings. The summed E-state index contributed by atoms with van der Waals surface area (Å²) >= 11 is 0. The number of rotatable bonds is 2. The predicted molar refractivity (Wildman–Crippen MR) is 96.3 cm³/mol. The average Bonchev–Trinajstić information content (AvgIpc) is 3.03. The summed E-state index contributed by atoms with van der Waals surface area (Å²) < 4.78 is 2.07. The number of amidine groups is 1. The van der Waals surface area contributed by atoms with E-state index in [2.05, 4.69) is 20.0 Å². The Labute approximate surface area is 151 Å². The Morgan fingerprint density at radius 3 is 2.77 bits per heavy atom. The number of carbonyl (C=O) groups is 2. The first-order chi connectivity index (χ1) is 12.5. The Bertz CT molecular complexity index is 888. The molecule has 0 bridgehead atoms. The van der Waals surface area contributed by atoms with E-state index >= 15 is 0 Å². The van der Waals surface area contributed by atoms with Crippen molar-refractivity contribution in [1.29, 1.82) is 0 Å². The highest BCUT2D eigenvalue weighted by atomic mass is 16.2. The van der Waals surface area contributed by atoms with Gasteiger partial charge in [0.15, 0.2) is 0 Å². The number of para-hydroxylation sites is 1. The van der Waals surface area contributed by atoms with E-state index in [1.165, 1.54) is 5.01 Å². The molecule has 0 fully saturated rings. The van der Waals surface area contributed by atoms with Crippen LogP contribution in [0.1, 0.15) is 18.4 Å². The van der Waals surface area contributed by atoms with E-state index in [-0.39, 0.29) is 17.6 Å². The lowest BCUT2D eigenvalue weighted by atomic mass is 10.2. The summed E-state index contributed by atoms with van der Waals surface area (Å²) in [7, 11) is 0. The molecule has 8 nitrogen and oxygen atoms in total. The summed E-state index contributed by atoms with van der Waals surface area (Å²) in [6.45, 7) is 5.34. The predicted octanol–water partition coefficient (Wildman–Crippen LogP) is 0.872. The van der Waals surface area contributed by atoms with Crippen LogP contribution in [0.5, 0.6) is 0 Å². The van der Waals surface area contributed by atoms with Gasteiger partial charge < -0.3 is 9.47 Å². The molecule has 0 saturated heterocycles. The number of imidazole rings is 1. The van der Waals surface area contributed by atoms with Gasteiger partial charge in [-0.3, -0.25) is 15.0 Å². The Balaban J connectivity index is 1.56. The Kier molecular flexibility index (Phi) is 3.95. The number of aryl methyl sites for hydroxylation is 1. The molecule has 2 aromatic rings. The quantitative estimate of drug-likeness (QED) is 0.869. The summed E-state index contributed by atoms with van der Waals surface area (Å²) in [5.74, 6) is 0.620. The minimum atomic E-state index is -0.621. The molecule has 1 atom stereocenters. The SMILES string of the molecule is Cc1cn2c(n1)CN(C(=O)C1=NC(C)C(=O)N(c3ccccc3)N1)CC2. The van der Waals surface area contributed by atoms with Gasteiger partial charge in [0.2, 0.25) is 5.84 Å². The topological polar surface area (TPSA) is 82.8 Å². The van der Waals surface area contributed by atoms with Gasteiger partial charge in [0.25, 0.3) is 11.8 Å². The van der Waals surface area contributed by atoms with Crippen LogP contribution >= 0.6 is 0 Å². The van der Waals surface area contributed by atoms with Crippen molar-refractivity contribution in [2.24, 2.45) is 4.99 Å². The zero-order valence-electron chi connectivity index (χ0n) is 14.7. The second kappa shape index (κ2) is 6.29. The molecule has 2 amide bonds. The maximum atomic E-state index is 13.0. The van der Waals surface area contributed by atoms with Gasteiger partial charge in [-0.2, -0.15) is 0 Å². The minimum absolute atomic E-state index is 0.178. The molecule has 3 heterocycles. The van der Waals surface area contributed by atoms with Gasteiger partial charge in [0.05, 0.1) is 17.9 Å². The number of fused-ring (bicyclic) bond motifs is 1. The van der Waals surface area contributed by atoms with Crippen LogP contribution in [0.3, 0.4) is 0 Å². The number of hydrogen-bond donors (Lipinski definition) is 1. The molecule has 1 unspecified atom stereocenters. The van der Waals surface area contributed by atoms with Gasteiger partial charge in [0.1, 0.15) is 11.9 Å². The molecule has 4 rings (SSSR count). The third kappa shape index (κ3) is 2.83. The van der Waals surface area contributed by atoms with Crippen molar-refractivity contribution in [3.05, 3.63) is 48.0 Å². The van der Waals surface area contributed by atoms with Crippen LogP contribution in [0, 0.1) is 6.92 Å². The first-order valence-electron chi connectivity index (χ1n) is 8.58. The van der Waals surface area contributed by atoms with Crippen LogP contribution in [0.2, 0.25) is 0 Å². The van der Waals surface area contributed by atoms with Crippen molar-refractivity contribution >= 4 is 23.3 Å². The van der Waals surface area contributed by atoms with E-state index in [0.29, 0.717) is 25.3 Å². The van der Waals surface area contributed by atoms with Crippen molar-refractivity contribution in [3.63, 3.8) is 0 Å². The number of benzene rings is 1. The summed E-state index contributed by atoms with van der Waals surface area (Å²) in [6, 6.07) is 8.56. The van der Waals surface area contributed by atoms with E-state index in [9.17, 15) is 9.59 Å². The van der Waals surface area contributed by atoms with Crippen LogP contribution < -0.4 is 10.4 Å². The normalized spacial score (nSPS) is 19.7. The maximum Gasteiger partial charge on any atom is 0.291 e. The van der Waals surface area contributed by atoms with Gasteiger partial charge in [0, 0.05) is 19.3 Å². The van der Waals surface area contributed by atoms with Crippen molar-refractivity contribution in [2.75, 3.05) is 11.6 Å². The first kappa shape index (κ1) is 16.3.